The maximum absolute atomic E-state index is 5.93. The van der Waals surface area contributed by atoms with Crippen molar-refractivity contribution in [3.63, 3.8) is 0 Å². The van der Waals surface area contributed by atoms with E-state index in [-0.39, 0.29) is 0 Å². The fourth-order valence-corrected chi connectivity index (χ4v) is 1.35. The minimum Gasteiger partial charge on any atom is -0.0843 e. The number of allylic oxidation sites excluding steroid dienone is 1. The van der Waals surface area contributed by atoms with Crippen molar-refractivity contribution in [2.75, 3.05) is 0 Å². The highest BCUT2D eigenvalue weighted by Crippen LogP contribution is 2.21. The average molecular weight is 201 g/mol. The van der Waals surface area contributed by atoms with Gasteiger partial charge in [-0.15, -0.1) is 0 Å². The average Bonchev–Trinajstić information content (AvgIpc) is 2.03. The van der Waals surface area contributed by atoms with Gasteiger partial charge >= 0.3 is 0 Å². The van der Waals surface area contributed by atoms with E-state index in [9.17, 15) is 0 Å². The molecule has 0 aromatic heterocycles. The van der Waals surface area contributed by atoms with Gasteiger partial charge in [-0.05, 0) is 24.1 Å². The Balaban J connectivity index is 2.94. The first-order valence-corrected chi connectivity index (χ1v) is 4.61. The van der Waals surface area contributed by atoms with Gasteiger partial charge in [0.15, 0.2) is 0 Å². The molecule has 0 bridgehead atoms. The van der Waals surface area contributed by atoms with E-state index in [1.54, 1.807) is 6.07 Å². The van der Waals surface area contributed by atoms with Crippen molar-refractivity contribution in [1.29, 1.82) is 0 Å². The Kier molecular flexibility index (Phi) is 3.64. The van der Waals surface area contributed by atoms with E-state index in [2.05, 4.69) is 13.0 Å². The van der Waals surface area contributed by atoms with Gasteiger partial charge in [-0.2, -0.15) is 0 Å². The smallest absolute Gasteiger partial charge is 0.0493 e. The van der Waals surface area contributed by atoms with Crippen LogP contribution in [0.25, 0.3) is 6.08 Å². The zero-order valence-electron chi connectivity index (χ0n) is 6.85. The number of rotatable bonds is 2. The summed E-state index contributed by atoms with van der Waals surface area (Å²) in [7, 11) is 0. The monoisotopic (exact) mass is 200 g/mol. The summed E-state index contributed by atoms with van der Waals surface area (Å²) in [6.45, 7) is 2.08. The van der Waals surface area contributed by atoms with E-state index in [4.69, 9.17) is 23.2 Å². The Labute approximate surface area is 82.8 Å². The molecule has 12 heavy (non-hydrogen) atoms. The van der Waals surface area contributed by atoms with E-state index in [0.717, 1.165) is 12.0 Å². The van der Waals surface area contributed by atoms with Crippen molar-refractivity contribution in [1.82, 2.24) is 0 Å². The lowest BCUT2D eigenvalue weighted by molar-refractivity contribution is 1.23. The van der Waals surface area contributed by atoms with Crippen LogP contribution < -0.4 is 0 Å². The highest BCUT2D eigenvalue weighted by molar-refractivity contribution is 6.35. The minimum atomic E-state index is 0.675. The van der Waals surface area contributed by atoms with Crippen LogP contribution in [0.5, 0.6) is 0 Å². The van der Waals surface area contributed by atoms with Gasteiger partial charge in [0.2, 0.25) is 0 Å². The standard InChI is InChI=1S/C10H10Cl2/c1-2-3-4-8-5-6-9(11)7-10(8)12/h3-7H,2H2,1H3. The first-order chi connectivity index (χ1) is 5.74. The SMILES string of the molecule is CCC=Cc1ccc(Cl)cc1Cl. The third-order valence-corrected chi connectivity index (χ3v) is 2.06. The summed E-state index contributed by atoms with van der Waals surface area (Å²) in [4.78, 5) is 0. The van der Waals surface area contributed by atoms with E-state index >= 15 is 0 Å². The van der Waals surface area contributed by atoms with Crippen LogP contribution >= 0.6 is 23.2 Å². The van der Waals surface area contributed by atoms with E-state index in [1.807, 2.05) is 18.2 Å². The minimum absolute atomic E-state index is 0.675. The first kappa shape index (κ1) is 9.63. The van der Waals surface area contributed by atoms with Gasteiger partial charge in [-0.25, -0.2) is 0 Å². The van der Waals surface area contributed by atoms with Crippen LogP contribution in [0.3, 0.4) is 0 Å². The number of hydrogen-bond donors (Lipinski definition) is 0. The molecule has 0 aliphatic heterocycles. The molecule has 0 N–H and O–H groups in total. The number of benzene rings is 1. The molecular formula is C10H10Cl2. The van der Waals surface area contributed by atoms with Gasteiger partial charge in [0.05, 0.1) is 0 Å². The van der Waals surface area contributed by atoms with Crippen LogP contribution in [-0.2, 0) is 0 Å². The molecule has 0 atom stereocenters. The van der Waals surface area contributed by atoms with Gasteiger partial charge in [0.1, 0.15) is 0 Å². The zero-order valence-corrected chi connectivity index (χ0v) is 8.36. The van der Waals surface area contributed by atoms with Gasteiger partial charge in [0.25, 0.3) is 0 Å². The summed E-state index contributed by atoms with van der Waals surface area (Å²) >= 11 is 11.7. The molecule has 0 spiro atoms. The highest BCUT2D eigenvalue weighted by Gasteiger charge is 1.95. The third-order valence-electron chi connectivity index (χ3n) is 1.50. The highest BCUT2D eigenvalue weighted by atomic mass is 35.5. The van der Waals surface area contributed by atoms with Crippen molar-refractivity contribution >= 4 is 29.3 Å². The van der Waals surface area contributed by atoms with Gasteiger partial charge in [0, 0.05) is 10.0 Å². The second kappa shape index (κ2) is 4.54. The first-order valence-electron chi connectivity index (χ1n) is 3.85. The van der Waals surface area contributed by atoms with Crippen molar-refractivity contribution in [2.45, 2.75) is 13.3 Å². The molecule has 0 aliphatic rings. The van der Waals surface area contributed by atoms with Crippen LogP contribution in [0.2, 0.25) is 10.0 Å². The van der Waals surface area contributed by atoms with Gasteiger partial charge in [-0.1, -0.05) is 48.3 Å². The van der Waals surface area contributed by atoms with Crippen LogP contribution in [0.1, 0.15) is 18.9 Å². The second-order valence-corrected chi connectivity index (χ2v) is 3.32. The van der Waals surface area contributed by atoms with E-state index < -0.39 is 0 Å². The Hall–Kier alpha value is -0.460. The predicted molar refractivity (Wildman–Crippen MR) is 55.8 cm³/mol. The molecule has 0 radical (unpaired) electrons. The lowest BCUT2D eigenvalue weighted by atomic mass is 10.2. The van der Waals surface area contributed by atoms with Crippen LogP contribution in [0, 0.1) is 0 Å². The number of halogens is 2. The quantitative estimate of drug-likeness (QED) is 0.664. The molecular weight excluding hydrogens is 191 g/mol. The molecule has 0 saturated heterocycles. The van der Waals surface area contributed by atoms with E-state index in [1.165, 1.54) is 0 Å². The summed E-state index contributed by atoms with van der Waals surface area (Å²) in [5, 5.41) is 1.38. The molecule has 1 rings (SSSR count). The zero-order chi connectivity index (χ0) is 8.97. The van der Waals surface area contributed by atoms with Crippen LogP contribution in [-0.4, -0.2) is 0 Å². The normalized spacial score (nSPS) is 10.9. The van der Waals surface area contributed by atoms with Crippen molar-refractivity contribution < 1.29 is 0 Å². The van der Waals surface area contributed by atoms with Gasteiger partial charge < -0.3 is 0 Å². The fraction of sp³-hybridized carbons (Fsp3) is 0.200. The van der Waals surface area contributed by atoms with Crippen molar-refractivity contribution in [2.24, 2.45) is 0 Å². The lowest BCUT2D eigenvalue weighted by Crippen LogP contribution is -1.74. The lowest BCUT2D eigenvalue weighted by Gasteiger charge is -1.97. The summed E-state index contributed by atoms with van der Waals surface area (Å²) < 4.78 is 0. The molecule has 0 unspecified atom stereocenters. The summed E-state index contributed by atoms with van der Waals surface area (Å²) in [5.41, 5.74) is 1.02. The maximum Gasteiger partial charge on any atom is 0.0493 e. The van der Waals surface area contributed by atoms with Crippen LogP contribution in [0.4, 0.5) is 0 Å². The molecule has 2 heteroatoms. The Morgan fingerprint density at radius 3 is 2.67 bits per heavy atom. The van der Waals surface area contributed by atoms with Crippen LogP contribution in [0.15, 0.2) is 24.3 Å². The summed E-state index contributed by atoms with van der Waals surface area (Å²) in [5.74, 6) is 0. The van der Waals surface area contributed by atoms with Gasteiger partial charge in [-0.3, -0.25) is 0 Å². The predicted octanol–water partition coefficient (Wildman–Crippen LogP) is 4.42. The summed E-state index contributed by atoms with van der Waals surface area (Å²) in [6.07, 6.45) is 5.08. The molecule has 0 amide bonds. The molecule has 0 aliphatic carbocycles. The summed E-state index contributed by atoms with van der Waals surface area (Å²) in [6, 6.07) is 5.50. The molecule has 0 nitrogen and oxygen atoms in total. The fourth-order valence-electron chi connectivity index (χ4n) is 0.881. The number of hydrogen-bond acceptors (Lipinski definition) is 0. The molecule has 0 heterocycles. The van der Waals surface area contributed by atoms with Crippen molar-refractivity contribution in [3.8, 4) is 0 Å². The molecule has 0 fully saturated rings. The molecule has 1 aromatic rings. The molecule has 64 valence electrons. The third kappa shape index (κ3) is 2.54. The Bertz CT molecular complexity index is 290. The second-order valence-electron chi connectivity index (χ2n) is 2.48. The topological polar surface area (TPSA) is 0 Å². The largest absolute Gasteiger partial charge is 0.0843 e. The Morgan fingerprint density at radius 2 is 2.08 bits per heavy atom. The molecule has 1 aromatic carbocycles. The van der Waals surface area contributed by atoms with E-state index in [0.29, 0.717) is 10.0 Å². The Morgan fingerprint density at radius 1 is 1.33 bits per heavy atom. The van der Waals surface area contributed by atoms with Crippen molar-refractivity contribution in [3.05, 3.63) is 39.9 Å². The molecule has 0 saturated carbocycles. The maximum atomic E-state index is 5.93.